The number of nitrogens with zero attached hydrogens (tertiary/aromatic N) is 2. The molecule has 10 rings (SSSR count). The molecule has 0 fully saturated rings. The number of rotatable bonds is 6. The Bertz CT molecular complexity index is 2790. The molecule has 1 aliphatic carbocycles. The SMILES string of the molecule is CC1(C)c2ccccc2-c2cc(N(c3ccc4c(c3)c3ccccc3n4-c3ccccc3)c3ccccc3-c3ccccc3)cc(-c3ccccc3)c21. The second-order valence-electron chi connectivity index (χ2n) is 14.6. The first kappa shape index (κ1) is 31.1. The maximum atomic E-state index is 2.48. The summed E-state index contributed by atoms with van der Waals surface area (Å²) in [5.74, 6) is 0. The van der Waals surface area contributed by atoms with Crippen LogP contribution in [0.25, 0.3) is 60.9 Å². The van der Waals surface area contributed by atoms with Crippen molar-refractivity contribution < 1.29 is 0 Å². The molecule has 1 aromatic heterocycles. The third-order valence-electron chi connectivity index (χ3n) is 11.1. The first-order chi connectivity index (χ1) is 26.1. The summed E-state index contributed by atoms with van der Waals surface area (Å²) in [6.07, 6.45) is 0. The number of hydrogen-bond donors (Lipinski definition) is 0. The Labute approximate surface area is 310 Å². The number of aromatic nitrogens is 1. The van der Waals surface area contributed by atoms with Crippen molar-refractivity contribution in [1.29, 1.82) is 0 Å². The number of hydrogen-bond acceptors (Lipinski definition) is 1. The van der Waals surface area contributed by atoms with Gasteiger partial charge in [-0.15, -0.1) is 0 Å². The van der Waals surface area contributed by atoms with E-state index in [2.05, 4.69) is 217 Å². The van der Waals surface area contributed by atoms with Gasteiger partial charge in [0.2, 0.25) is 0 Å². The second kappa shape index (κ2) is 12.3. The van der Waals surface area contributed by atoms with Crippen LogP contribution in [0.15, 0.2) is 194 Å². The smallest absolute Gasteiger partial charge is 0.0542 e. The summed E-state index contributed by atoms with van der Waals surface area (Å²) in [6.45, 7) is 4.76. The number of benzene rings is 8. The largest absolute Gasteiger partial charge is 0.310 e. The van der Waals surface area contributed by atoms with Crippen LogP contribution in [0, 0.1) is 0 Å². The maximum Gasteiger partial charge on any atom is 0.0542 e. The van der Waals surface area contributed by atoms with Crippen LogP contribution >= 0.6 is 0 Å². The minimum Gasteiger partial charge on any atom is -0.310 e. The van der Waals surface area contributed by atoms with E-state index in [9.17, 15) is 0 Å². The highest BCUT2D eigenvalue weighted by Gasteiger charge is 2.38. The lowest BCUT2D eigenvalue weighted by Crippen LogP contribution is -2.17. The van der Waals surface area contributed by atoms with E-state index >= 15 is 0 Å². The molecule has 0 spiro atoms. The van der Waals surface area contributed by atoms with Gasteiger partial charge in [0.15, 0.2) is 0 Å². The molecular formula is C51H38N2. The zero-order valence-electron chi connectivity index (χ0n) is 29.9. The van der Waals surface area contributed by atoms with E-state index < -0.39 is 0 Å². The Balaban J connectivity index is 1.29. The van der Waals surface area contributed by atoms with Gasteiger partial charge in [0, 0.05) is 38.8 Å². The van der Waals surface area contributed by atoms with Gasteiger partial charge in [0.1, 0.15) is 0 Å². The molecule has 0 saturated carbocycles. The van der Waals surface area contributed by atoms with Gasteiger partial charge in [-0.25, -0.2) is 0 Å². The van der Waals surface area contributed by atoms with Gasteiger partial charge in [-0.05, 0) is 93.5 Å². The molecule has 1 aliphatic rings. The normalized spacial score (nSPS) is 12.9. The fourth-order valence-electron chi connectivity index (χ4n) is 8.80. The van der Waals surface area contributed by atoms with E-state index in [1.165, 1.54) is 66.3 Å². The molecule has 0 atom stereocenters. The third kappa shape index (κ3) is 4.94. The fraction of sp³-hybridized carbons (Fsp3) is 0.0588. The molecule has 2 heteroatoms. The van der Waals surface area contributed by atoms with Gasteiger partial charge >= 0.3 is 0 Å². The molecule has 53 heavy (non-hydrogen) atoms. The number of anilines is 3. The highest BCUT2D eigenvalue weighted by atomic mass is 15.1. The Morgan fingerprint density at radius 3 is 1.74 bits per heavy atom. The van der Waals surface area contributed by atoms with Crippen LogP contribution < -0.4 is 4.90 Å². The molecule has 0 unspecified atom stereocenters. The molecule has 0 amide bonds. The van der Waals surface area contributed by atoms with Crippen molar-refractivity contribution in [2.45, 2.75) is 19.3 Å². The van der Waals surface area contributed by atoms with Crippen molar-refractivity contribution in [2.24, 2.45) is 0 Å². The molecule has 9 aromatic rings. The average Bonchev–Trinajstić information content (AvgIpc) is 3.67. The van der Waals surface area contributed by atoms with Crippen molar-refractivity contribution in [3.8, 4) is 39.1 Å². The van der Waals surface area contributed by atoms with E-state index in [0.717, 1.165) is 22.7 Å². The predicted octanol–water partition coefficient (Wildman–Crippen LogP) is 13.9. The molecule has 0 aliphatic heterocycles. The van der Waals surface area contributed by atoms with Gasteiger partial charge in [0.05, 0.1) is 16.7 Å². The Kier molecular flexibility index (Phi) is 7.19. The minimum absolute atomic E-state index is 0.152. The highest BCUT2D eigenvalue weighted by Crippen LogP contribution is 2.55. The van der Waals surface area contributed by atoms with Crippen LogP contribution in [-0.4, -0.2) is 4.57 Å². The van der Waals surface area contributed by atoms with Gasteiger partial charge in [0.25, 0.3) is 0 Å². The zero-order chi connectivity index (χ0) is 35.5. The molecule has 1 heterocycles. The predicted molar refractivity (Wildman–Crippen MR) is 224 cm³/mol. The zero-order valence-corrected chi connectivity index (χ0v) is 29.9. The van der Waals surface area contributed by atoms with Gasteiger partial charge < -0.3 is 9.47 Å². The summed E-state index contributed by atoms with van der Waals surface area (Å²) in [7, 11) is 0. The Morgan fingerprint density at radius 2 is 0.981 bits per heavy atom. The quantitative estimate of drug-likeness (QED) is 0.170. The average molecular weight is 679 g/mol. The summed E-state index contributed by atoms with van der Waals surface area (Å²) in [5.41, 5.74) is 17.0. The Hall–Kier alpha value is -6.64. The third-order valence-corrected chi connectivity index (χ3v) is 11.1. The first-order valence-corrected chi connectivity index (χ1v) is 18.4. The summed E-state index contributed by atoms with van der Waals surface area (Å²) in [5, 5.41) is 2.46. The maximum absolute atomic E-state index is 2.48. The minimum atomic E-state index is -0.152. The summed E-state index contributed by atoms with van der Waals surface area (Å²) >= 11 is 0. The van der Waals surface area contributed by atoms with Crippen molar-refractivity contribution in [3.05, 3.63) is 205 Å². The number of para-hydroxylation sites is 3. The lowest BCUT2D eigenvalue weighted by Gasteiger charge is -2.31. The van der Waals surface area contributed by atoms with E-state index in [0.29, 0.717) is 0 Å². The van der Waals surface area contributed by atoms with Crippen LogP contribution in [0.4, 0.5) is 17.1 Å². The van der Waals surface area contributed by atoms with Crippen molar-refractivity contribution in [1.82, 2.24) is 4.57 Å². The monoisotopic (exact) mass is 678 g/mol. The van der Waals surface area contributed by atoms with Crippen molar-refractivity contribution in [2.75, 3.05) is 4.90 Å². The van der Waals surface area contributed by atoms with Crippen molar-refractivity contribution >= 4 is 38.9 Å². The molecule has 0 radical (unpaired) electrons. The summed E-state index contributed by atoms with van der Waals surface area (Å²) in [4.78, 5) is 2.48. The van der Waals surface area contributed by atoms with Gasteiger partial charge in [-0.3, -0.25) is 0 Å². The van der Waals surface area contributed by atoms with Gasteiger partial charge in [-0.1, -0.05) is 153 Å². The molecule has 252 valence electrons. The van der Waals surface area contributed by atoms with E-state index in [-0.39, 0.29) is 5.41 Å². The molecule has 0 saturated heterocycles. The lowest BCUT2D eigenvalue weighted by molar-refractivity contribution is 0.662. The standard InChI is InChI=1S/C51H38N2/c1-51(2)46-27-15-12-25-41(46)45-34-39(33-43(50(45)51)36-20-8-4-9-21-36)52(47-28-16-13-24-40(47)35-18-6-3-7-19-35)38-30-31-49-44(32-38)42-26-14-17-29-48(42)53(49)37-22-10-5-11-23-37/h3-34H,1-2H3. The molecule has 0 bridgehead atoms. The van der Waals surface area contributed by atoms with Gasteiger partial charge in [-0.2, -0.15) is 0 Å². The molecule has 2 nitrogen and oxygen atoms in total. The van der Waals surface area contributed by atoms with Crippen LogP contribution in [0.3, 0.4) is 0 Å². The summed E-state index contributed by atoms with van der Waals surface area (Å²) in [6, 6.07) is 70.8. The first-order valence-electron chi connectivity index (χ1n) is 18.4. The number of fused-ring (bicyclic) bond motifs is 6. The second-order valence-corrected chi connectivity index (χ2v) is 14.6. The van der Waals surface area contributed by atoms with E-state index in [4.69, 9.17) is 0 Å². The highest BCUT2D eigenvalue weighted by molar-refractivity contribution is 6.11. The molecular weight excluding hydrogens is 641 g/mol. The van der Waals surface area contributed by atoms with E-state index in [1.807, 2.05) is 0 Å². The van der Waals surface area contributed by atoms with Crippen LogP contribution in [0.5, 0.6) is 0 Å². The topological polar surface area (TPSA) is 8.17 Å². The van der Waals surface area contributed by atoms with Crippen LogP contribution in [0.1, 0.15) is 25.0 Å². The fourth-order valence-corrected chi connectivity index (χ4v) is 8.80. The Morgan fingerprint density at radius 1 is 0.415 bits per heavy atom. The lowest BCUT2D eigenvalue weighted by atomic mass is 9.78. The van der Waals surface area contributed by atoms with Crippen molar-refractivity contribution in [3.63, 3.8) is 0 Å². The molecule has 0 N–H and O–H groups in total. The summed E-state index contributed by atoms with van der Waals surface area (Å²) < 4.78 is 2.39. The van der Waals surface area contributed by atoms with Crippen LogP contribution in [0.2, 0.25) is 0 Å². The van der Waals surface area contributed by atoms with Crippen LogP contribution in [-0.2, 0) is 5.41 Å². The molecule has 8 aromatic carbocycles. The van der Waals surface area contributed by atoms with E-state index in [1.54, 1.807) is 0 Å².